The fourth-order valence-electron chi connectivity index (χ4n) is 4.01. The van der Waals surface area contributed by atoms with E-state index in [1.165, 1.54) is 4.88 Å². The van der Waals surface area contributed by atoms with Gasteiger partial charge in [0.2, 0.25) is 5.91 Å². The van der Waals surface area contributed by atoms with Crippen LogP contribution in [-0.2, 0) is 16.0 Å². The number of ether oxygens (including phenoxy) is 3. The van der Waals surface area contributed by atoms with Crippen molar-refractivity contribution in [3.05, 3.63) is 58.8 Å². The molecule has 0 radical (unpaired) electrons. The van der Waals surface area contributed by atoms with Crippen LogP contribution < -0.4 is 9.47 Å². The molecule has 1 aromatic heterocycles. The third-order valence-corrected chi connectivity index (χ3v) is 6.70. The van der Waals surface area contributed by atoms with Crippen molar-refractivity contribution in [2.45, 2.75) is 25.5 Å². The zero-order chi connectivity index (χ0) is 23.6. The molecule has 1 aliphatic rings. The molecule has 8 heteroatoms. The SMILES string of the molecule is C=CCOCC(O)CN(CC)CC(=O)N1CCc2sccc2C1COc1ccccc1OC. The number of para-hydroxylation sites is 2. The number of likely N-dealkylation sites (N-methyl/N-ethyl adjacent to an activating group) is 1. The van der Waals surface area contributed by atoms with Gasteiger partial charge >= 0.3 is 0 Å². The first-order valence-electron chi connectivity index (χ1n) is 11.3. The predicted molar refractivity (Wildman–Crippen MR) is 130 cm³/mol. The molecule has 2 aromatic rings. The lowest BCUT2D eigenvalue weighted by Crippen LogP contribution is -2.48. The molecule has 0 fully saturated rings. The van der Waals surface area contributed by atoms with Crippen LogP contribution in [0.3, 0.4) is 0 Å². The number of carbonyl (C=O) groups is 1. The third kappa shape index (κ3) is 6.80. The summed E-state index contributed by atoms with van der Waals surface area (Å²) in [5, 5.41) is 12.3. The van der Waals surface area contributed by atoms with E-state index in [1.54, 1.807) is 24.5 Å². The second-order valence-corrected chi connectivity index (χ2v) is 8.92. The smallest absolute Gasteiger partial charge is 0.237 e. The second-order valence-electron chi connectivity index (χ2n) is 7.92. The van der Waals surface area contributed by atoms with E-state index in [2.05, 4.69) is 18.0 Å². The molecule has 0 bridgehead atoms. The number of rotatable bonds is 13. The number of benzene rings is 1. The highest BCUT2D eigenvalue weighted by molar-refractivity contribution is 7.10. The number of hydrogen-bond donors (Lipinski definition) is 1. The Balaban J connectivity index is 1.67. The van der Waals surface area contributed by atoms with Crippen molar-refractivity contribution in [2.24, 2.45) is 0 Å². The summed E-state index contributed by atoms with van der Waals surface area (Å²) in [4.78, 5) is 18.5. The van der Waals surface area contributed by atoms with Crippen molar-refractivity contribution in [3.8, 4) is 11.5 Å². The molecule has 0 saturated carbocycles. The molecule has 7 nitrogen and oxygen atoms in total. The molecule has 0 saturated heterocycles. The standard InChI is InChI=1S/C25H34N2O5S/c1-4-13-31-17-19(28)15-26(5-2)16-25(29)27-12-10-24-20(11-14-33-24)21(27)18-32-23-9-7-6-8-22(23)30-3/h4,6-9,11,14,19,21,28H,1,5,10,12-13,15-18H2,2-3H3. The zero-order valence-corrected chi connectivity index (χ0v) is 20.3. The van der Waals surface area contributed by atoms with Crippen molar-refractivity contribution >= 4 is 17.2 Å². The maximum absolute atomic E-state index is 13.4. The van der Waals surface area contributed by atoms with Crippen LogP contribution in [0.25, 0.3) is 0 Å². The number of amides is 1. The highest BCUT2D eigenvalue weighted by Gasteiger charge is 2.33. The molecule has 1 aromatic carbocycles. The van der Waals surface area contributed by atoms with E-state index in [4.69, 9.17) is 14.2 Å². The van der Waals surface area contributed by atoms with Crippen LogP contribution in [0.2, 0.25) is 0 Å². The molecule has 0 spiro atoms. The molecule has 1 aliphatic heterocycles. The number of aliphatic hydroxyl groups is 1. The molecule has 2 heterocycles. The van der Waals surface area contributed by atoms with Gasteiger partial charge in [-0.25, -0.2) is 0 Å². The molecule has 180 valence electrons. The van der Waals surface area contributed by atoms with E-state index in [0.717, 1.165) is 12.0 Å². The van der Waals surface area contributed by atoms with Gasteiger partial charge in [-0.05, 0) is 42.1 Å². The topological polar surface area (TPSA) is 71.5 Å². The van der Waals surface area contributed by atoms with Crippen LogP contribution in [0.4, 0.5) is 0 Å². The van der Waals surface area contributed by atoms with Gasteiger partial charge in [0.1, 0.15) is 6.61 Å². The van der Waals surface area contributed by atoms with Crippen LogP contribution in [0.1, 0.15) is 23.4 Å². The molecular weight excluding hydrogens is 440 g/mol. The Morgan fingerprint density at radius 3 is 2.88 bits per heavy atom. The molecule has 2 unspecified atom stereocenters. The van der Waals surface area contributed by atoms with E-state index in [9.17, 15) is 9.90 Å². The Labute approximate surface area is 200 Å². The van der Waals surface area contributed by atoms with E-state index >= 15 is 0 Å². The maximum atomic E-state index is 13.4. The van der Waals surface area contributed by atoms with Crippen molar-refractivity contribution < 1.29 is 24.1 Å². The first kappa shape index (κ1) is 25.2. The summed E-state index contributed by atoms with van der Waals surface area (Å²) >= 11 is 1.73. The van der Waals surface area contributed by atoms with Gasteiger partial charge in [0.05, 0.1) is 39.0 Å². The van der Waals surface area contributed by atoms with Gasteiger partial charge in [-0.15, -0.1) is 17.9 Å². The number of aliphatic hydroxyl groups excluding tert-OH is 1. The summed E-state index contributed by atoms with van der Waals surface area (Å²) < 4.78 is 16.9. The Kier molecular flexibility index (Phi) is 9.75. The largest absolute Gasteiger partial charge is 0.493 e. The lowest BCUT2D eigenvalue weighted by Gasteiger charge is -2.37. The molecule has 0 aliphatic carbocycles. The van der Waals surface area contributed by atoms with Crippen LogP contribution >= 0.6 is 11.3 Å². The monoisotopic (exact) mass is 474 g/mol. The van der Waals surface area contributed by atoms with E-state index in [0.29, 0.717) is 44.3 Å². The number of methoxy groups -OCH3 is 1. The summed E-state index contributed by atoms with van der Waals surface area (Å²) in [5.41, 5.74) is 1.15. The molecule has 33 heavy (non-hydrogen) atoms. The maximum Gasteiger partial charge on any atom is 0.237 e. The minimum atomic E-state index is -0.660. The fraction of sp³-hybridized carbons (Fsp3) is 0.480. The van der Waals surface area contributed by atoms with Crippen molar-refractivity contribution in [2.75, 3.05) is 53.1 Å². The minimum Gasteiger partial charge on any atom is -0.493 e. The highest BCUT2D eigenvalue weighted by Crippen LogP contribution is 2.35. The Hall–Kier alpha value is -2.39. The van der Waals surface area contributed by atoms with Gasteiger partial charge in [-0.2, -0.15) is 0 Å². The lowest BCUT2D eigenvalue weighted by atomic mass is 10.0. The number of thiophene rings is 1. The minimum absolute atomic E-state index is 0.0292. The van der Waals surface area contributed by atoms with Crippen molar-refractivity contribution in [1.82, 2.24) is 9.80 Å². The number of nitrogens with zero attached hydrogens (tertiary/aromatic N) is 2. The van der Waals surface area contributed by atoms with Gasteiger partial charge in [0.25, 0.3) is 0 Å². The molecular formula is C25H34N2O5S. The van der Waals surface area contributed by atoms with Gasteiger partial charge in [-0.3, -0.25) is 9.69 Å². The first-order valence-corrected chi connectivity index (χ1v) is 12.2. The van der Waals surface area contributed by atoms with E-state index in [1.807, 2.05) is 41.0 Å². The van der Waals surface area contributed by atoms with Crippen LogP contribution in [0.5, 0.6) is 11.5 Å². The average molecular weight is 475 g/mol. The third-order valence-electron chi connectivity index (χ3n) is 5.70. The second kappa shape index (κ2) is 12.7. The van der Waals surface area contributed by atoms with Crippen molar-refractivity contribution in [1.29, 1.82) is 0 Å². The Morgan fingerprint density at radius 1 is 1.36 bits per heavy atom. The first-order chi connectivity index (χ1) is 16.1. The van der Waals surface area contributed by atoms with Gasteiger partial charge in [0, 0.05) is 18.0 Å². The summed E-state index contributed by atoms with van der Waals surface area (Å²) in [7, 11) is 1.62. The summed E-state index contributed by atoms with van der Waals surface area (Å²) in [5.74, 6) is 1.36. The predicted octanol–water partition coefficient (Wildman–Crippen LogP) is 3.15. The van der Waals surface area contributed by atoms with Gasteiger partial charge < -0.3 is 24.2 Å². The molecule has 2 atom stereocenters. The van der Waals surface area contributed by atoms with Crippen LogP contribution in [0, 0.1) is 0 Å². The molecule has 1 N–H and O–H groups in total. The van der Waals surface area contributed by atoms with E-state index < -0.39 is 6.10 Å². The number of fused-ring (bicyclic) bond motifs is 1. The molecule has 1 amide bonds. The fourth-order valence-corrected chi connectivity index (χ4v) is 4.94. The van der Waals surface area contributed by atoms with Crippen LogP contribution in [-0.4, -0.2) is 80.0 Å². The lowest BCUT2D eigenvalue weighted by molar-refractivity contribution is -0.136. The summed E-state index contributed by atoms with van der Waals surface area (Å²) in [6.45, 7) is 8.47. The van der Waals surface area contributed by atoms with Gasteiger partial charge in [0.15, 0.2) is 11.5 Å². The average Bonchev–Trinajstić information content (AvgIpc) is 3.31. The Morgan fingerprint density at radius 2 is 2.15 bits per heavy atom. The van der Waals surface area contributed by atoms with Crippen molar-refractivity contribution in [3.63, 3.8) is 0 Å². The van der Waals surface area contributed by atoms with Gasteiger partial charge in [-0.1, -0.05) is 25.1 Å². The number of carbonyl (C=O) groups excluding carboxylic acids is 1. The quantitative estimate of drug-likeness (QED) is 0.355. The van der Waals surface area contributed by atoms with E-state index in [-0.39, 0.29) is 25.1 Å². The summed E-state index contributed by atoms with van der Waals surface area (Å²) in [6, 6.07) is 9.46. The zero-order valence-electron chi connectivity index (χ0n) is 19.4. The molecule has 3 rings (SSSR count). The Bertz CT molecular complexity index is 902. The summed E-state index contributed by atoms with van der Waals surface area (Å²) in [6.07, 6.45) is 1.83. The highest BCUT2D eigenvalue weighted by atomic mass is 32.1. The van der Waals surface area contributed by atoms with Crippen LogP contribution in [0.15, 0.2) is 48.4 Å². The number of hydrogen-bond acceptors (Lipinski definition) is 7. The normalized spacial score (nSPS) is 16.4.